The third-order valence-electron chi connectivity index (χ3n) is 6.29. The lowest BCUT2D eigenvalue weighted by molar-refractivity contribution is -0.119. The maximum absolute atomic E-state index is 12.1. The van der Waals surface area contributed by atoms with Crippen LogP contribution < -0.4 is 5.73 Å². The molecule has 6 rings (SSSR count). The molecule has 2 N–H and O–H groups in total. The largest absolute Gasteiger partial charge is 0.379 e. The van der Waals surface area contributed by atoms with Crippen LogP contribution >= 0.6 is 23.1 Å². The molecule has 1 aromatic carbocycles. The van der Waals surface area contributed by atoms with Gasteiger partial charge in [0.1, 0.15) is 10.0 Å². The van der Waals surface area contributed by atoms with Gasteiger partial charge in [-0.25, -0.2) is 15.0 Å². The number of benzene rings is 1. The highest BCUT2D eigenvalue weighted by atomic mass is 32.2. The first-order chi connectivity index (χ1) is 15.6. The van der Waals surface area contributed by atoms with Crippen molar-refractivity contribution >= 4 is 45.0 Å². The van der Waals surface area contributed by atoms with Gasteiger partial charge in [0, 0.05) is 42.3 Å². The highest BCUT2D eigenvalue weighted by molar-refractivity contribution is 7.99. The van der Waals surface area contributed by atoms with E-state index in [0.29, 0.717) is 5.78 Å². The van der Waals surface area contributed by atoms with Gasteiger partial charge in [-0.2, -0.15) is 0 Å². The van der Waals surface area contributed by atoms with E-state index in [1.165, 1.54) is 0 Å². The van der Waals surface area contributed by atoms with Gasteiger partial charge in [-0.15, -0.1) is 11.3 Å². The molecule has 1 saturated heterocycles. The number of imidazole rings is 1. The van der Waals surface area contributed by atoms with E-state index >= 15 is 0 Å². The first kappa shape index (κ1) is 20.1. The highest BCUT2D eigenvalue weighted by Gasteiger charge is 2.61. The van der Waals surface area contributed by atoms with Gasteiger partial charge in [0.25, 0.3) is 0 Å². The summed E-state index contributed by atoms with van der Waals surface area (Å²) in [5.74, 6) is 0.313. The minimum Gasteiger partial charge on any atom is -0.379 e. The molecule has 2 atom stereocenters. The summed E-state index contributed by atoms with van der Waals surface area (Å²) in [5, 5.41) is 2.03. The van der Waals surface area contributed by atoms with E-state index in [1.807, 2.05) is 22.9 Å². The van der Waals surface area contributed by atoms with Crippen LogP contribution in [0, 0.1) is 5.92 Å². The van der Waals surface area contributed by atoms with Crippen molar-refractivity contribution in [2.75, 3.05) is 32.8 Å². The van der Waals surface area contributed by atoms with Crippen LogP contribution in [0.2, 0.25) is 0 Å². The number of thiazole rings is 1. The maximum Gasteiger partial charge on any atom is 0.234 e. The van der Waals surface area contributed by atoms with E-state index < -0.39 is 0 Å². The Morgan fingerprint density at radius 1 is 1.31 bits per heavy atom. The quantitative estimate of drug-likeness (QED) is 0.466. The number of hydrogen-bond acceptors (Lipinski definition) is 8. The Morgan fingerprint density at radius 2 is 2.19 bits per heavy atom. The molecule has 8 nitrogen and oxygen atoms in total. The minimum absolute atomic E-state index is 0.148. The SMILES string of the molecule is NC(=O)[C@@H]1C[C@]1(CN1CCOCC1)c1nc2ccc(Sc3cnc4ncccn34)cc2s1. The number of amides is 1. The average Bonchev–Trinajstić information content (AvgIpc) is 3.17. The zero-order valence-electron chi connectivity index (χ0n) is 17.3. The molecule has 32 heavy (non-hydrogen) atoms. The Bertz CT molecular complexity index is 1310. The van der Waals surface area contributed by atoms with Crippen LogP contribution in [-0.4, -0.2) is 63.0 Å². The zero-order chi connectivity index (χ0) is 21.7. The van der Waals surface area contributed by atoms with Gasteiger partial charge in [-0.1, -0.05) is 11.8 Å². The number of ether oxygens (including phenoxy) is 1. The van der Waals surface area contributed by atoms with E-state index in [2.05, 4.69) is 33.1 Å². The van der Waals surface area contributed by atoms with Crippen molar-refractivity contribution in [1.82, 2.24) is 24.3 Å². The molecular formula is C22H22N6O2S2. The van der Waals surface area contributed by atoms with Crippen LogP contribution in [0.1, 0.15) is 11.4 Å². The molecule has 10 heteroatoms. The molecule has 0 unspecified atom stereocenters. The lowest BCUT2D eigenvalue weighted by Crippen LogP contribution is -2.42. The average molecular weight is 467 g/mol. The second-order valence-corrected chi connectivity index (χ2v) is 10.5. The summed E-state index contributed by atoms with van der Waals surface area (Å²) in [6, 6.07) is 8.21. The first-order valence-corrected chi connectivity index (χ1v) is 12.2. The smallest absolute Gasteiger partial charge is 0.234 e. The molecule has 1 aliphatic carbocycles. The number of nitrogens with two attached hydrogens (primary N) is 1. The van der Waals surface area contributed by atoms with Crippen LogP contribution in [0.25, 0.3) is 16.0 Å². The number of aromatic nitrogens is 4. The molecule has 4 aromatic rings. The van der Waals surface area contributed by atoms with Crippen molar-refractivity contribution in [3.05, 3.63) is 47.9 Å². The Kier molecular flexibility index (Phi) is 4.90. The van der Waals surface area contributed by atoms with Crippen molar-refractivity contribution in [3.8, 4) is 0 Å². The van der Waals surface area contributed by atoms with Crippen LogP contribution in [0.5, 0.6) is 0 Å². The van der Waals surface area contributed by atoms with Gasteiger partial charge in [0.2, 0.25) is 11.7 Å². The summed E-state index contributed by atoms with van der Waals surface area (Å²) >= 11 is 3.33. The Labute approximate surface area is 192 Å². The van der Waals surface area contributed by atoms with Crippen molar-refractivity contribution in [3.63, 3.8) is 0 Å². The maximum atomic E-state index is 12.1. The molecule has 1 saturated carbocycles. The van der Waals surface area contributed by atoms with Gasteiger partial charge in [-0.3, -0.25) is 14.1 Å². The third-order valence-corrected chi connectivity index (χ3v) is 8.53. The summed E-state index contributed by atoms with van der Waals surface area (Å²) in [7, 11) is 0. The molecule has 3 aromatic heterocycles. The fourth-order valence-corrected chi connectivity index (χ4v) is 6.72. The summed E-state index contributed by atoms with van der Waals surface area (Å²) < 4.78 is 8.58. The molecule has 0 bridgehead atoms. The Morgan fingerprint density at radius 3 is 3.00 bits per heavy atom. The number of morpholine rings is 1. The minimum atomic E-state index is -0.270. The van der Waals surface area contributed by atoms with E-state index in [4.69, 9.17) is 15.5 Å². The van der Waals surface area contributed by atoms with E-state index in [9.17, 15) is 4.79 Å². The lowest BCUT2D eigenvalue weighted by Gasteiger charge is -2.30. The third kappa shape index (κ3) is 3.47. The number of primary amides is 1. The number of carbonyl (C=O) groups excluding carboxylic acids is 1. The van der Waals surface area contributed by atoms with Crippen molar-refractivity contribution in [1.29, 1.82) is 0 Å². The van der Waals surface area contributed by atoms with E-state index in [-0.39, 0.29) is 17.2 Å². The van der Waals surface area contributed by atoms with E-state index in [0.717, 1.165) is 64.4 Å². The Hall–Kier alpha value is -2.53. The number of rotatable bonds is 6. The summed E-state index contributed by atoms with van der Waals surface area (Å²) in [6.07, 6.45) is 6.32. The molecule has 2 aliphatic rings. The first-order valence-electron chi connectivity index (χ1n) is 10.6. The predicted molar refractivity (Wildman–Crippen MR) is 123 cm³/mol. The number of hydrogen-bond donors (Lipinski definition) is 1. The summed E-state index contributed by atoms with van der Waals surface area (Å²) in [4.78, 5) is 29.2. The molecule has 2 fully saturated rings. The van der Waals surface area contributed by atoms with Gasteiger partial charge >= 0.3 is 0 Å². The monoisotopic (exact) mass is 466 g/mol. The standard InChI is InChI=1S/C22H22N6O2S2/c23-19(29)15-11-22(15,13-27-6-8-30-9-7-27)20-26-16-3-2-14(10-17(16)32-20)31-18-12-25-21-24-4-1-5-28(18)21/h1-5,10,12,15H,6-9,11,13H2,(H2,23,29)/t15-,22+/m0/s1. The second kappa shape index (κ2) is 7.80. The van der Waals surface area contributed by atoms with Crippen LogP contribution in [0.3, 0.4) is 0 Å². The second-order valence-electron chi connectivity index (χ2n) is 8.34. The molecular weight excluding hydrogens is 444 g/mol. The Balaban J connectivity index is 1.30. The number of nitrogens with zero attached hydrogens (tertiary/aromatic N) is 5. The van der Waals surface area contributed by atoms with Crippen molar-refractivity contribution in [2.24, 2.45) is 11.7 Å². The number of carbonyl (C=O) groups is 1. The molecule has 0 spiro atoms. The molecule has 1 amide bonds. The van der Waals surface area contributed by atoms with Gasteiger partial charge in [-0.05, 0) is 30.7 Å². The fraction of sp³-hybridized carbons (Fsp3) is 0.364. The normalized spacial score (nSPS) is 23.7. The topological polar surface area (TPSA) is 98.6 Å². The number of fused-ring (bicyclic) bond motifs is 2. The molecule has 4 heterocycles. The van der Waals surface area contributed by atoms with E-state index in [1.54, 1.807) is 29.3 Å². The molecule has 0 radical (unpaired) electrons. The van der Waals surface area contributed by atoms with Gasteiger partial charge < -0.3 is 10.5 Å². The molecule has 1 aliphatic heterocycles. The van der Waals surface area contributed by atoms with Crippen LogP contribution in [-0.2, 0) is 14.9 Å². The summed E-state index contributed by atoms with van der Waals surface area (Å²) in [5.41, 5.74) is 6.43. The fourth-order valence-electron chi connectivity index (χ4n) is 4.50. The lowest BCUT2D eigenvalue weighted by atomic mass is 10.0. The zero-order valence-corrected chi connectivity index (χ0v) is 18.9. The highest BCUT2D eigenvalue weighted by Crippen LogP contribution is 2.56. The van der Waals surface area contributed by atoms with Crippen molar-refractivity contribution in [2.45, 2.75) is 21.8 Å². The van der Waals surface area contributed by atoms with Crippen molar-refractivity contribution < 1.29 is 9.53 Å². The van der Waals surface area contributed by atoms with Gasteiger partial charge in [0.05, 0.1) is 35.5 Å². The van der Waals surface area contributed by atoms with Gasteiger partial charge in [0.15, 0.2) is 0 Å². The van der Waals surface area contributed by atoms with Crippen LogP contribution in [0.15, 0.2) is 52.8 Å². The summed E-state index contributed by atoms with van der Waals surface area (Å²) in [6.45, 7) is 4.04. The van der Waals surface area contributed by atoms with Crippen LogP contribution in [0.4, 0.5) is 0 Å². The molecule has 164 valence electrons. The predicted octanol–water partition coefficient (Wildman–Crippen LogP) is 2.57.